The molecular weight excluding hydrogens is 338 g/mol. The first kappa shape index (κ1) is 15.5. The molecule has 0 spiro atoms. The van der Waals surface area contributed by atoms with E-state index in [2.05, 4.69) is 15.1 Å². The van der Waals surface area contributed by atoms with Gasteiger partial charge in [-0.25, -0.2) is 14.5 Å². The van der Waals surface area contributed by atoms with Gasteiger partial charge in [-0.2, -0.15) is 5.10 Å². The molecule has 3 heterocycles. The Labute approximate surface area is 154 Å². The minimum Gasteiger partial charge on any atom is -0.309 e. The molecule has 0 aliphatic carbocycles. The van der Waals surface area contributed by atoms with Crippen LogP contribution >= 0.6 is 0 Å². The smallest absolute Gasteiger partial charge is 0.280 e. The zero-order chi connectivity index (χ0) is 18.2. The molecule has 0 aliphatic heterocycles. The van der Waals surface area contributed by atoms with Crippen molar-refractivity contribution in [1.82, 2.24) is 24.1 Å². The highest BCUT2D eigenvalue weighted by molar-refractivity contribution is 5.74. The van der Waals surface area contributed by atoms with Crippen LogP contribution in [0.25, 0.3) is 28.1 Å². The van der Waals surface area contributed by atoms with Gasteiger partial charge < -0.3 is 4.57 Å². The Morgan fingerprint density at radius 1 is 0.852 bits per heavy atom. The highest BCUT2D eigenvalue weighted by Gasteiger charge is 2.11. The first-order valence-electron chi connectivity index (χ1n) is 8.64. The third kappa shape index (κ3) is 2.77. The van der Waals surface area contributed by atoms with Gasteiger partial charge in [-0.3, -0.25) is 4.79 Å². The van der Waals surface area contributed by atoms with Crippen LogP contribution in [0.5, 0.6) is 0 Å². The van der Waals surface area contributed by atoms with Crippen molar-refractivity contribution in [2.24, 2.45) is 0 Å². The Hall–Kier alpha value is -3.80. The molecule has 0 saturated heterocycles. The molecule has 5 rings (SSSR count). The topological polar surface area (TPSA) is 65.1 Å². The van der Waals surface area contributed by atoms with Crippen molar-refractivity contribution in [1.29, 1.82) is 0 Å². The van der Waals surface area contributed by atoms with Gasteiger partial charge in [0, 0.05) is 11.8 Å². The van der Waals surface area contributed by atoms with Gasteiger partial charge in [-0.1, -0.05) is 60.7 Å². The third-order valence-electron chi connectivity index (χ3n) is 4.48. The minimum absolute atomic E-state index is 0.166. The maximum Gasteiger partial charge on any atom is 0.280 e. The molecule has 6 heteroatoms. The number of nitrogens with zero attached hydrogens (tertiary/aromatic N) is 5. The quantitative estimate of drug-likeness (QED) is 0.500. The van der Waals surface area contributed by atoms with Gasteiger partial charge in [0.25, 0.3) is 11.3 Å². The number of hydrogen-bond acceptors (Lipinski definition) is 4. The van der Waals surface area contributed by atoms with Crippen LogP contribution in [0, 0.1) is 0 Å². The average molecular weight is 353 g/mol. The number of hydrogen-bond donors (Lipinski definition) is 0. The van der Waals surface area contributed by atoms with Crippen LogP contribution in [0.15, 0.2) is 83.9 Å². The fourth-order valence-electron chi connectivity index (χ4n) is 3.12. The van der Waals surface area contributed by atoms with Crippen LogP contribution in [0.1, 0.15) is 5.56 Å². The van der Waals surface area contributed by atoms with Crippen LogP contribution in [-0.4, -0.2) is 24.1 Å². The van der Waals surface area contributed by atoms with E-state index in [4.69, 9.17) is 0 Å². The lowest BCUT2D eigenvalue weighted by Gasteiger charge is -2.06. The van der Waals surface area contributed by atoms with Gasteiger partial charge in [0.2, 0.25) is 0 Å². The summed E-state index contributed by atoms with van der Waals surface area (Å²) in [5.74, 6) is 0.474. The van der Waals surface area contributed by atoms with E-state index in [1.165, 1.54) is 0 Å². The monoisotopic (exact) mass is 353 g/mol. The van der Waals surface area contributed by atoms with Crippen molar-refractivity contribution < 1.29 is 0 Å². The SMILES string of the molecule is O=c1c2nn3cc(-c4ccccc4)nc3nc2ccn1Cc1ccccc1. The summed E-state index contributed by atoms with van der Waals surface area (Å²) in [6.07, 6.45) is 3.55. The van der Waals surface area contributed by atoms with Gasteiger partial charge in [0.05, 0.1) is 18.4 Å². The number of aromatic nitrogens is 5. The van der Waals surface area contributed by atoms with E-state index in [1.807, 2.05) is 66.7 Å². The molecule has 5 aromatic rings. The van der Waals surface area contributed by atoms with Crippen molar-refractivity contribution in [3.63, 3.8) is 0 Å². The van der Waals surface area contributed by atoms with Crippen molar-refractivity contribution in [3.8, 4) is 11.3 Å². The largest absolute Gasteiger partial charge is 0.309 e. The van der Waals surface area contributed by atoms with Crippen LogP contribution in [0.4, 0.5) is 0 Å². The second-order valence-electron chi connectivity index (χ2n) is 6.32. The van der Waals surface area contributed by atoms with Gasteiger partial charge in [0.1, 0.15) is 5.52 Å². The molecular formula is C21H15N5O. The molecule has 3 aromatic heterocycles. The second kappa shape index (κ2) is 6.17. The van der Waals surface area contributed by atoms with E-state index in [0.29, 0.717) is 23.4 Å². The summed E-state index contributed by atoms with van der Waals surface area (Å²) in [4.78, 5) is 21.9. The standard InChI is InChI=1S/C21H15N5O/c27-20-19-17(11-12-25(20)13-15-7-3-1-4-8-15)22-21-23-18(14-26(21)24-19)16-9-5-2-6-10-16/h1-12,14H,13H2. The number of benzene rings is 2. The lowest BCUT2D eigenvalue weighted by molar-refractivity contribution is 0.760. The normalized spacial score (nSPS) is 11.3. The lowest BCUT2D eigenvalue weighted by atomic mass is 10.2. The molecule has 6 nitrogen and oxygen atoms in total. The first-order chi connectivity index (χ1) is 13.3. The van der Waals surface area contributed by atoms with E-state index in [-0.39, 0.29) is 5.56 Å². The minimum atomic E-state index is -0.166. The predicted octanol–water partition coefficient (Wildman–Crippen LogP) is 3.15. The highest BCUT2D eigenvalue weighted by Crippen LogP contribution is 2.18. The number of fused-ring (bicyclic) bond motifs is 2. The van der Waals surface area contributed by atoms with Crippen LogP contribution < -0.4 is 5.56 Å². The molecule has 27 heavy (non-hydrogen) atoms. The van der Waals surface area contributed by atoms with Gasteiger partial charge in [0.15, 0.2) is 5.52 Å². The zero-order valence-corrected chi connectivity index (χ0v) is 14.4. The van der Waals surface area contributed by atoms with Gasteiger partial charge in [-0.15, -0.1) is 0 Å². The molecule has 2 aromatic carbocycles. The van der Waals surface area contributed by atoms with Crippen LogP contribution in [-0.2, 0) is 6.54 Å². The molecule has 0 N–H and O–H groups in total. The van der Waals surface area contributed by atoms with Crippen LogP contribution in [0.3, 0.4) is 0 Å². The van der Waals surface area contributed by atoms with E-state index >= 15 is 0 Å². The molecule has 0 saturated carbocycles. The van der Waals surface area contributed by atoms with Gasteiger partial charge >= 0.3 is 0 Å². The third-order valence-corrected chi connectivity index (χ3v) is 4.48. The van der Waals surface area contributed by atoms with Crippen LogP contribution in [0.2, 0.25) is 0 Å². The summed E-state index contributed by atoms with van der Waals surface area (Å²) in [6, 6.07) is 21.5. The number of pyridine rings is 1. The first-order valence-corrected chi connectivity index (χ1v) is 8.64. The maximum absolute atomic E-state index is 12.9. The number of rotatable bonds is 3. The molecule has 0 atom stereocenters. The average Bonchev–Trinajstić information content (AvgIpc) is 3.13. The van der Waals surface area contributed by atoms with E-state index in [0.717, 1.165) is 16.8 Å². The Balaban J connectivity index is 1.63. The molecule has 0 unspecified atom stereocenters. The van der Waals surface area contributed by atoms with E-state index in [9.17, 15) is 4.79 Å². The molecule has 0 amide bonds. The van der Waals surface area contributed by atoms with E-state index < -0.39 is 0 Å². The molecule has 0 fully saturated rings. The Morgan fingerprint density at radius 3 is 2.37 bits per heavy atom. The van der Waals surface area contributed by atoms with Crippen molar-refractivity contribution in [2.75, 3.05) is 0 Å². The fraction of sp³-hybridized carbons (Fsp3) is 0.0476. The summed E-state index contributed by atoms with van der Waals surface area (Å²) in [7, 11) is 0. The second-order valence-corrected chi connectivity index (χ2v) is 6.32. The van der Waals surface area contributed by atoms with Crippen molar-refractivity contribution >= 4 is 16.8 Å². The molecule has 130 valence electrons. The van der Waals surface area contributed by atoms with Gasteiger partial charge in [-0.05, 0) is 11.6 Å². The van der Waals surface area contributed by atoms with Crippen molar-refractivity contribution in [2.45, 2.75) is 6.54 Å². The summed E-state index contributed by atoms with van der Waals surface area (Å²) in [5, 5.41) is 4.48. The molecule has 0 radical (unpaired) electrons. The Bertz CT molecular complexity index is 1310. The Morgan fingerprint density at radius 2 is 1.59 bits per heavy atom. The lowest BCUT2D eigenvalue weighted by Crippen LogP contribution is -2.22. The maximum atomic E-state index is 12.9. The zero-order valence-electron chi connectivity index (χ0n) is 14.4. The predicted molar refractivity (Wildman–Crippen MR) is 104 cm³/mol. The van der Waals surface area contributed by atoms with Crippen molar-refractivity contribution in [3.05, 3.63) is 95.0 Å². The highest BCUT2D eigenvalue weighted by atomic mass is 16.1. The summed E-state index contributed by atoms with van der Waals surface area (Å²) < 4.78 is 3.21. The number of imidazole rings is 1. The molecule has 0 aliphatic rings. The Kier molecular flexibility index (Phi) is 3.53. The summed E-state index contributed by atoms with van der Waals surface area (Å²) in [6.45, 7) is 0.495. The summed E-state index contributed by atoms with van der Waals surface area (Å²) in [5.41, 5.74) is 3.52. The fourth-order valence-corrected chi connectivity index (χ4v) is 3.12. The summed E-state index contributed by atoms with van der Waals surface area (Å²) >= 11 is 0. The van der Waals surface area contributed by atoms with E-state index in [1.54, 1.807) is 21.5 Å². The molecule has 0 bridgehead atoms.